The second-order valence-corrected chi connectivity index (χ2v) is 8.49. The Hall–Kier alpha value is -2.04. The predicted molar refractivity (Wildman–Crippen MR) is 117 cm³/mol. The van der Waals surface area contributed by atoms with E-state index in [0.717, 1.165) is 40.3 Å². The minimum Gasteiger partial charge on any atom is -0.397 e. The van der Waals surface area contributed by atoms with Crippen LogP contribution in [-0.2, 0) is 0 Å². The average molecular weight is 509 g/mol. The van der Waals surface area contributed by atoms with Crippen molar-refractivity contribution in [1.82, 2.24) is 19.9 Å². The van der Waals surface area contributed by atoms with Gasteiger partial charge in [0, 0.05) is 20.7 Å². The fourth-order valence-corrected chi connectivity index (χ4v) is 4.40. The number of aliphatic hydroxyl groups is 1. The number of rotatable bonds is 4. The summed E-state index contributed by atoms with van der Waals surface area (Å²) < 4.78 is 1.55. The minimum atomic E-state index is -0.196. The molecule has 1 aliphatic rings. The highest BCUT2D eigenvalue weighted by Crippen LogP contribution is 2.33. The lowest BCUT2D eigenvalue weighted by atomic mass is 9.93. The molecule has 0 atom stereocenters. The average Bonchev–Trinajstić information content (AvgIpc) is 2.68. The Labute approximate surface area is 178 Å². The minimum absolute atomic E-state index is 0.196. The molecule has 0 bridgehead atoms. The van der Waals surface area contributed by atoms with Crippen molar-refractivity contribution in [3.05, 3.63) is 33.6 Å². The van der Waals surface area contributed by atoms with Crippen LogP contribution in [0.2, 0.25) is 0 Å². The number of nitrogen functional groups attached to an aromatic ring is 1. The number of aliphatic hydroxyl groups excluding tert-OH is 1. The van der Waals surface area contributed by atoms with Gasteiger partial charge in [-0.05, 0) is 69.7 Å². The molecule has 3 aromatic rings. The van der Waals surface area contributed by atoms with Crippen molar-refractivity contribution in [3.8, 4) is 0 Å². The van der Waals surface area contributed by atoms with Gasteiger partial charge in [-0.1, -0.05) is 0 Å². The third-order valence-corrected chi connectivity index (χ3v) is 6.06. The Morgan fingerprint density at radius 1 is 1.04 bits per heavy atom. The molecule has 1 aliphatic carbocycles. The third kappa shape index (κ3) is 4.18. The van der Waals surface area contributed by atoms with Crippen LogP contribution in [0.1, 0.15) is 25.7 Å². The molecule has 0 amide bonds. The van der Waals surface area contributed by atoms with E-state index in [4.69, 9.17) is 5.73 Å². The molecular formula is C18H19Br2N7O. The zero-order valence-electron chi connectivity index (χ0n) is 14.9. The quantitative estimate of drug-likeness (QED) is 0.390. The second-order valence-electron chi connectivity index (χ2n) is 6.78. The molecule has 146 valence electrons. The highest BCUT2D eigenvalue weighted by molar-refractivity contribution is 9.11. The van der Waals surface area contributed by atoms with Gasteiger partial charge in [-0.3, -0.25) is 0 Å². The van der Waals surface area contributed by atoms with Gasteiger partial charge in [0.15, 0.2) is 5.82 Å². The van der Waals surface area contributed by atoms with Crippen molar-refractivity contribution in [1.29, 1.82) is 0 Å². The Morgan fingerprint density at radius 3 is 2.46 bits per heavy atom. The first-order chi connectivity index (χ1) is 13.5. The number of halogens is 2. The largest absolute Gasteiger partial charge is 0.397 e. The Bertz CT molecular complexity index is 985. The zero-order chi connectivity index (χ0) is 19.7. The fraction of sp³-hybridized carbons (Fsp3) is 0.333. The maximum absolute atomic E-state index is 9.67. The Morgan fingerprint density at radius 2 is 1.75 bits per heavy atom. The molecule has 8 nitrogen and oxygen atoms in total. The van der Waals surface area contributed by atoms with Crippen molar-refractivity contribution in [3.63, 3.8) is 0 Å². The lowest BCUT2D eigenvalue weighted by molar-refractivity contribution is 0.126. The standard InChI is InChI=1S/C18H19Br2N7O/c19-12-5-10(6-13(20)15(12)21)25-17-16-14(23-8-24-17)7-22-18(27-16)26-9-1-3-11(28)4-2-9/h5-9,11,28H,1-4,21H2,(H,22,26,27)(H,23,24,25)/t9-,11-. The van der Waals surface area contributed by atoms with E-state index in [1.165, 1.54) is 6.33 Å². The molecule has 2 heterocycles. The molecule has 0 saturated heterocycles. The molecule has 10 heteroatoms. The van der Waals surface area contributed by atoms with E-state index in [-0.39, 0.29) is 12.1 Å². The maximum Gasteiger partial charge on any atom is 0.223 e. The highest BCUT2D eigenvalue weighted by atomic mass is 79.9. The Balaban J connectivity index is 1.61. The van der Waals surface area contributed by atoms with Crippen molar-refractivity contribution < 1.29 is 5.11 Å². The summed E-state index contributed by atoms with van der Waals surface area (Å²) in [6, 6.07) is 4.01. The fourth-order valence-electron chi connectivity index (χ4n) is 3.21. The molecule has 1 aromatic carbocycles. The first kappa shape index (κ1) is 19.3. The van der Waals surface area contributed by atoms with Crippen LogP contribution in [-0.4, -0.2) is 37.2 Å². The molecule has 2 aromatic heterocycles. The Kier molecular flexibility index (Phi) is 5.61. The van der Waals surface area contributed by atoms with E-state index in [0.29, 0.717) is 28.5 Å². The van der Waals surface area contributed by atoms with E-state index < -0.39 is 0 Å². The van der Waals surface area contributed by atoms with Crippen molar-refractivity contribution in [2.75, 3.05) is 16.4 Å². The number of hydrogen-bond acceptors (Lipinski definition) is 8. The van der Waals surface area contributed by atoms with Gasteiger partial charge in [0.1, 0.15) is 17.4 Å². The monoisotopic (exact) mass is 507 g/mol. The van der Waals surface area contributed by atoms with Gasteiger partial charge >= 0.3 is 0 Å². The molecule has 0 spiro atoms. The molecule has 4 rings (SSSR count). The summed E-state index contributed by atoms with van der Waals surface area (Å²) in [5, 5.41) is 16.3. The van der Waals surface area contributed by atoms with E-state index in [2.05, 4.69) is 62.4 Å². The lowest BCUT2D eigenvalue weighted by Crippen LogP contribution is -2.28. The summed E-state index contributed by atoms with van der Waals surface area (Å²) in [5.74, 6) is 1.12. The van der Waals surface area contributed by atoms with Crippen LogP contribution in [0.4, 0.5) is 23.1 Å². The van der Waals surface area contributed by atoms with Gasteiger partial charge in [-0.2, -0.15) is 0 Å². The van der Waals surface area contributed by atoms with Gasteiger partial charge in [-0.25, -0.2) is 19.9 Å². The summed E-state index contributed by atoms with van der Waals surface area (Å²) in [7, 11) is 0. The molecule has 0 aliphatic heterocycles. The van der Waals surface area contributed by atoms with Crippen LogP contribution in [0.25, 0.3) is 11.0 Å². The molecule has 5 N–H and O–H groups in total. The molecular weight excluding hydrogens is 490 g/mol. The van der Waals surface area contributed by atoms with Crippen LogP contribution in [0.5, 0.6) is 0 Å². The second kappa shape index (κ2) is 8.14. The van der Waals surface area contributed by atoms with Crippen molar-refractivity contribution in [2.45, 2.75) is 37.8 Å². The highest BCUT2D eigenvalue weighted by Gasteiger charge is 2.20. The van der Waals surface area contributed by atoms with Gasteiger partial charge in [0.25, 0.3) is 0 Å². The molecule has 1 fully saturated rings. The normalized spacial score (nSPS) is 19.5. The van der Waals surface area contributed by atoms with E-state index in [1.54, 1.807) is 6.20 Å². The van der Waals surface area contributed by atoms with Gasteiger partial charge in [-0.15, -0.1) is 0 Å². The maximum atomic E-state index is 9.67. The summed E-state index contributed by atoms with van der Waals surface area (Å²) in [6.45, 7) is 0. The number of nitrogens with one attached hydrogen (secondary N) is 2. The SMILES string of the molecule is Nc1c(Br)cc(Nc2ncnc3cnc(N[C@H]4CC[C@H](O)CC4)nc23)cc1Br. The number of anilines is 4. The van der Waals surface area contributed by atoms with Crippen LogP contribution in [0.15, 0.2) is 33.6 Å². The van der Waals surface area contributed by atoms with Crippen molar-refractivity contribution >= 4 is 66.0 Å². The van der Waals surface area contributed by atoms with E-state index in [1.807, 2.05) is 12.1 Å². The molecule has 0 unspecified atom stereocenters. The van der Waals surface area contributed by atoms with E-state index in [9.17, 15) is 5.11 Å². The number of nitrogens with two attached hydrogens (primary N) is 1. The van der Waals surface area contributed by atoms with Crippen LogP contribution in [0.3, 0.4) is 0 Å². The van der Waals surface area contributed by atoms with Crippen molar-refractivity contribution in [2.24, 2.45) is 0 Å². The summed E-state index contributed by atoms with van der Waals surface area (Å²) in [5.41, 5.74) is 8.67. The first-order valence-corrected chi connectivity index (χ1v) is 10.5. The summed E-state index contributed by atoms with van der Waals surface area (Å²) in [6.07, 6.45) is 6.34. The predicted octanol–water partition coefficient (Wildman–Crippen LogP) is 3.99. The molecule has 1 saturated carbocycles. The first-order valence-electron chi connectivity index (χ1n) is 8.93. The third-order valence-electron chi connectivity index (χ3n) is 4.75. The van der Waals surface area contributed by atoms with Crippen LogP contribution in [0, 0.1) is 0 Å². The number of benzene rings is 1. The van der Waals surface area contributed by atoms with Gasteiger partial charge < -0.3 is 21.5 Å². The van der Waals surface area contributed by atoms with Gasteiger partial charge in [0.05, 0.1) is 18.0 Å². The van der Waals surface area contributed by atoms with Crippen LogP contribution < -0.4 is 16.4 Å². The number of hydrogen-bond donors (Lipinski definition) is 4. The zero-order valence-corrected chi connectivity index (χ0v) is 18.0. The number of fused-ring (bicyclic) bond motifs is 1. The van der Waals surface area contributed by atoms with Gasteiger partial charge in [0.2, 0.25) is 5.95 Å². The topological polar surface area (TPSA) is 122 Å². The smallest absolute Gasteiger partial charge is 0.223 e. The molecule has 0 radical (unpaired) electrons. The number of nitrogens with zero attached hydrogens (tertiary/aromatic N) is 4. The summed E-state index contributed by atoms with van der Waals surface area (Å²) >= 11 is 6.90. The lowest BCUT2D eigenvalue weighted by Gasteiger charge is -2.26. The van der Waals surface area contributed by atoms with Crippen LogP contribution >= 0.6 is 31.9 Å². The number of aromatic nitrogens is 4. The summed E-state index contributed by atoms with van der Waals surface area (Å²) in [4.78, 5) is 17.6. The van der Waals surface area contributed by atoms with E-state index >= 15 is 0 Å². The molecule has 28 heavy (non-hydrogen) atoms.